The Hall–Kier alpha value is -1.14. The van der Waals surface area contributed by atoms with Crippen molar-refractivity contribution in [3.63, 3.8) is 0 Å². The highest BCUT2D eigenvalue weighted by Crippen LogP contribution is 2.20. The average molecular weight is 252 g/mol. The first kappa shape index (κ1) is 13.3. The molecule has 2 atom stereocenters. The molecule has 0 aliphatic carbocycles. The lowest BCUT2D eigenvalue weighted by atomic mass is 10.0. The monoisotopic (exact) mass is 252 g/mol. The van der Waals surface area contributed by atoms with E-state index in [1.807, 2.05) is 24.3 Å². The van der Waals surface area contributed by atoms with E-state index in [-0.39, 0.29) is 12.1 Å². The van der Waals surface area contributed by atoms with Crippen molar-refractivity contribution in [3.8, 4) is 5.75 Å². The second-order valence-electron chi connectivity index (χ2n) is 4.27. The van der Waals surface area contributed by atoms with Gasteiger partial charge in [-0.1, -0.05) is 18.2 Å². The molecule has 0 radical (unpaired) electrons. The summed E-state index contributed by atoms with van der Waals surface area (Å²) in [4.78, 5) is 0. The lowest BCUT2D eigenvalue weighted by Gasteiger charge is -2.30. The predicted octanol–water partition coefficient (Wildman–Crippen LogP) is 0.485. The fraction of sp³-hybridized carbons (Fsp3) is 0.538. The van der Waals surface area contributed by atoms with Gasteiger partial charge >= 0.3 is 0 Å². The third-order valence-corrected chi connectivity index (χ3v) is 3.14. The number of nitrogens with one attached hydrogen (secondary N) is 1. The number of ether oxygens (including phenoxy) is 3. The topological polar surface area (TPSA) is 65.7 Å². The summed E-state index contributed by atoms with van der Waals surface area (Å²) in [6.45, 7) is 1.85. The number of para-hydroxylation sites is 1. The molecule has 18 heavy (non-hydrogen) atoms. The van der Waals surface area contributed by atoms with Crippen LogP contribution in [0.5, 0.6) is 5.75 Å². The number of hydrazine groups is 1. The quantitative estimate of drug-likeness (QED) is 0.589. The standard InChI is InChI=1S/C13H20N2O3/c1-16-12-5-3-2-4-10(12)8-11(15-14)13-9-17-6-7-18-13/h2-5,11,13,15H,6-9,14H2,1H3. The van der Waals surface area contributed by atoms with Crippen molar-refractivity contribution in [2.24, 2.45) is 5.84 Å². The van der Waals surface area contributed by atoms with Crippen LogP contribution >= 0.6 is 0 Å². The number of hydrogen-bond acceptors (Lipinski definition) is 5. The third kappa shape index (κ3) is 3.20. The van der Waals surface area contributed by atoms with Gasteiger partial charge < -0.3 is 14.2 Å². The zero-order chi connectivity index (χ0) is 12.8. The van der Waals surface area contributed by atoms with Crippen LogP contribution in [-0.4, -0.2) is 39.1 Å². The highest BCUT2D eigenvalue weighted by molar-refractivity contribution is 5.34. The summed E-state index contributed by atoms with van der Waals surface area (Å²) >= 11 is 0. The summed E-state index contributed by atoms with van der Waals surface area (Å²) in [6, 6.07) is 7.94. The van der Waals surface area contributed by atoms with Gasteiger partial charge in [0.25, 0.3) is 0 Å². The maximum atomic E-state index is 5.67. The van der Waals surface area contributed by atoms with Crippen LogP contribution in [0.3, 0.4) is 0 Å². The van der Waals surface area contributed by atoms with Gasteiger partial charge in [-0.2, -0.15) is 0 Å². The van der Waals surface area contributed by atoms with Crippen LogP contribution in [0.15, 0.2) is 24.3 Å². The normalized spacial score (nSPS) is 21.6. The number of rotatable bonds is 5. The first-order valence-corrected chi connectivity index (χ1v) is 6.12. The van der Waals surface area contributed by atoms with Crippen molar-refractivity contribution < 1.29 is 14.2 Å². The van der Waals surface area contributed by atoms with Gasteiger partial charge in [-0.3, -0.25) is 11.3 Å². The van der Waals surface area contributed by atoms with Crippen molar-refractivity contribution in [1.29, 1.82) is 0 Å². The minimum Gasteiger partial charge on any atom is -0.496 e. The summed E-state index contributed by atoms with van der Waals surface area (Å²) in [5.41, 5.74) is 3.92. The molecule has 5 nitrogen and oxygen atoms in total. The summed E-state index contributed by atoms with van der Waals surface area (Å²) in [5, 5.41) is 0. The molecule has 1 aliphatic rings. The maximum Gasteiger partial charge on any atom is 0.122 e. The smallest absolute Gasteiger partial charge is 0.122 e. The summed E-state index contributed by atoms with van der Waals surface area (Å²) in [7, 11) is 1.67. The second-order valence-corrected chi connectivity index (χ2v) is 4.27. The van der Waals surface area contributed by atoms with Gasteiger partial charge in [0.1, 0.15) is 5.75 Å². The Morgan fingerprint density at radius 1 is 1.44 bits per heavy atom. The molecule has 1 fully saturated rings. The zero-order valence-electron chi connectivity index (χ0n) is 10.6. The van der Waals surface area contributed by atoms with Crippen molar-refractivity contribution in [2.45, 2.75) is 18.6 Å². The minimum atomic E-state index is -0.0198. The van der Waals surface area contributed by atoms with Gasteiger partial charge in [0.05, 0.1) is 39.1 Å². The molecule has 0 saturated carbocycles. The molecule has 2 unspecified atom stereocenters. The zero-order valence-corrected chi connectivity index (χ0v) is 10.6. The van der Waals surface area contributed by atoms with Crippen LogP contribution in [0.25, 0.3) is 0 Å². The van der Waals surface area contributed by atoms with Crippen molar-refractivity contribution in [1.82, 2.24) is 5.43 Å². The number of methoxy groups -OCH3 is 1. The Bertz CT molecular complexity index is 367. The lowest BCUT2D eigenvalue weighted by molar-refractivity contribution is -0.101. The van der Waals surface area contributed by atoms with E-state index in [0.29, 0.717) is 19.8 Å². The van der Waals surface area contributed by atoms with Gasteiger partial charge in [0.15, 0.2) is 0 Å². The lowest BCUT2D eigenvalue weighted by Crippen LogP contribution is -2.50. The van der Waals surface area contributed by atoms with Gasteiger partial charge in [0.2, 0.25) is 0 Å². The molecule has 100 valence electrons. The summed E-state index contributed by atoms with van der Waals surface area (Å²) in [5.74, 6) is 6.49. The van der Waals surface area contributed by atoms with E-state index in [1.54, 1.807) is 7.11 Å². The molecule has 1 saturated heterocycles. The first-order valence-electron chi connectivity index (χ1n) is 6.12. The van der Waals surface area contributed by atoms with Gasteiger partial charge in [-0.05, 0) is 18.1 Å². The molecule has 0 bridgehead atoms. The second kappa shape index (κ2) is 6.70. The van der Waals surface area contributed by atoms with Crippen molar-refractivity contribution >= 4 is 0 Å². The molecule has 3 N–H and O–H groups in total. The molecule has 0 spiro atoms. The highest BCUT2D eigenvalue weighted by atomic mass is 16.6. The molecule has 5 heteroatoms. The Labute approximate surface area is 107 Å². The van der Waals surface area contributed by atoms with Crippen molar-refractivity contribution in [2.75, 3.05) is 26.9 Å². The Balaban J connectivity index is 2.04. The Morgan fingerprint density at radius 2 is 2.28 bits per heavy atom. The number of nitrogens with two attached hydrogens (primary N) is 1. The fourth-order valence-corrected chi connectivity index (χ4v) is 2.14. The molecule has 1 aliphatic heterocycles. The van der Waals surface area contributed by atoms with E-state index >= 15 is 0 Å². The van der Waals surface area contributed by atoms with Crippen LogP contribution in [0.2, 0.25) is 0 Å². The number of benzene rings is 1. The Kier molecular flexibility index (Phi) is 4.95. The van der Waals surface area contributed by atoms with Gasteiger partial charge in [0, 0.05) is 0 Å². The fourth-order valence-electron chi connectivity index (χ4n) is 2.14. The minimum absolute atomic E-state index is 0.0154. The van der Waals surface area contributed by atoms with Crippen LogP contribution in [0.1, 0.15) is 5.56 Å². The van der Waals surface area contributed by atoms with Crippen LogP contribution in [0, 0.1) is 0 Å². The van der Waals surface area contributed by atoms with Gasteiger partial charge in [-0.15, -0.1) is 0 Å². The van der Waals surface area contributed by atoms with E-state index in [4.69, 9.17) is 20.1 Å². The van der Waals surface area contributed by atoms with Crippen LogP contribution in [-0.2, 0) is 15.9 Å². The molecular formula is C13H20N2O3. The Morgan fingerprint density at radius 3 is 2.94 bits per heavy atom. The molecule has 2 rings (SSSR count). The van der Waals surface area contributed by atoms with Crippen LogP contribution in [0.4, 0.5) is 0 Å². The highest BCUT2D eigenvalue weighted by Gasteiger charge is 2.25. The van der Waals surface area contributed by atoms with E-state index in [9.17, 15) is 0 Å². The SMILES string of the molecule is COc1ccccc1CC(NN)C1COCCO1. The molecule has 1 aromatic carbocycles. The maximum absolute atomic E-state index is 5.67. The predicted molar refractivity (Wildman–Crippen MR) is 68.4 cm³/mol. The van der Waals surface area contributed by atoms with E-state index in [0.717, 1.165) is 17.7 Å². The molecule has 0 aromatic heterocycles. The molecule has 1 aromatic rings. The van der Waals surface area contributed by atoms with E-state index in [1.165, 1.54) is 0 Å². The van der Waals surface area contributed by atoms with Crippen LogP contribution < -0.4 is 16.0 Å². The van der Waals surface area contributed by atoms with Gasteiger partial charge in [-0.25, -0.2) is 0 Å². The molecule has 0 amide bonds. The molecular weight excluding hydrogens is 232 g/mol. The van der Waals surface area contributed by atoms with E-state index in [2.05, 4.69) is 5.43 Å². The number of hydrogen-bond donors (Lipinski definition) is 2. The van der Waals surface area contributed by atoms with Crippen molar-refractivity contribution in [3.05, 3.63) is 29.8 Å². The average Bonchev–Trinajstić information content (AvgIpc) is 2.46. The third-order valence-electron chi connectivity index (χ3n) is 3.14. The molecule has 1 heterocycles. The summed E-state index contributed by atoms with van der Waals surface area (Å²) in [6.07, 6.45) is 0.725. The van der Waals surface area contributed by atoms with E-state index < -0.39 is 0 Å². The first-order chi connectivity index (χ1) is 8.85. The largest absolute Gasteiger partial charge is 0.496 e. The summed E-state index contributed by atoms with van der Waals surface area (Å²) < 4.78 is 16.4.